The van der Waals surface area contributed by atoms with Gasteiger partial charge < -0.3 is 0 Å². The molecule has 0 saturated heterocycles. The molecule has 1 aromatic heterocycles. The average Bonchev–Trinajstić information content (AvgIpc) is 2.26. The fraction of sp³-hybridized carbons (Fsp3) is 0.571. The Labute approximate surface area is 88.3 Å². The molecule has 0 unspecified atom stereocenters. The van der Waals surface area contributed by atoms with Gasteiger partial charge in [-0.2, -0.15) is 5.10 Å². The summed E-state index contributed by atoms with van der Waals surface area (Å²) in [5.74, 6) is 0. The predicted octanol–water partition coefficient (Wildman–Crippen LogP) is 0.632. The van der Waals surface area contributed by atoms with Gasteiger partial charge in [-0.25, -0.2) is 12.7 Å². The lowest BCUT2D eigenvalue weighted by atomic mass is 10.5. The first-order chi connectivity index (χ1) is 6.28. The Hall–Kier alpha value is -0.590. The highest BCUT2D eigenvalue weighted by atomic mass is 35.5. The van der Waals surface area contributed by atoms with Crippen molar-refractivity contribution in [2.24, 2.45) is 7.05 Å². The van der Waals surface area contributed by atoms with Crippen molar-refractivity contribution in [1.29, 1.82) is 0 Å². The number of aryl methyl sites for hydroxylation is 2. The molecule has 0 radical (unpaired) electrons. The van der Waals surface area contributed by atoms with Gasteiger partial charge in [0.05, 0.1) is 5.69 Å². The number of hydrogen-bond acceptors (Lipinski definition) is 3. The molecular weight excluding hydrogens is 226 g/mol. The van der Waals surface area contributed by atoms with Crippen molar-refractivity contribution >= 4 is 21.6 Å². The maximum atomic E-state index is 11.8. The van der Waals surface area contributed by atoms with E-state index in [0.717, 1.165) is 4.31 Å². The second-order valence-electron chi connectivity index (χ2n) is 3.12. The number of hydrogen-bond donors (Lipinski definition) is 0. The molecule has 0 fully saturated rings. The third-order valence-corrected chi connectivity index (χ3v) is 4.35. The van der Waals surface area contributed by atoms with Gasteiger partial charge >= 0.3 is 0 Å². The molecule has 1 heterocycles. The van der Waals surface area contributed by atoms with Crippen molar-refractivity contribution in [1.82, 2.24) is 14.1 Å². The van der Waals surface area contributed by atoms with Gasteiger partial charge in [0.25, 0.3) is 0 Å². The van der Waals surface area contributed by atoms with Gasteiger partial charge in [0, 0.05) is 21.1 Å². The van der Waals surface area contributed by atoms with Crippen LogP contribution < -0.4 is 0 Å². The van der Waals surface area contributed by atoms with Crippen LogP contribution in [-0.4, -0.2) is 36.6 Å². The summed E-state index contributed by atoms with van der Waals surface area (Å²) in [4.78, 5) is 0.0756. The fourth-order valence-corrected chi connectivity index (χ4v) is 2.68. The maximum Gasteiger partial charge on any atom is 0.247 e. The average molecular weight is 238 g/mol. The fourth-order valence-electron chi connectivity index (χ4n) is 1.09. The van der Waals surface area contributed by atoms with E-state index in [1.807, 2.05) is 0 Å². The van der Waals surface area contributed by atoms with Crippen molar-refractivity contribution in [2.45, 2.75) is 11.8 Å². The lowest BCUT2D eigenvalue weighted by Crippen LogP contribution is -2.22. The van der Waals surface area contributed by atoms with Gasteiger partial charge in [0.15, 0.2) is 0 Å². The molecule has 0 bridgehead atoms. The van der Waals surface area contributed by atoms with Crippen LogP contribution in [0.25, 0.3) is 0 Å². The Kier molecular flexibility index (Phi) is 2.89. The van der Waals surface area contributed by atoms with Crippen molar-refractivity contribution in [3.8, 4) is 0 Å². The van der Waals surface area contributed by atoms with Crippen molar-refractivity contribution < 1.29 is 8.42 Å². The molecular formula is C7H12ClN3O2S. The Balaban J connectivity index is 3.48. The van der Waals surface area contributed by atoms with Crippen molar-refractivity contribution in [3.63, 3.8) is 0 Å². The van der Waals surface area contributed by atoms with Crippen LogP contribution in [0.4, 0.5) is 0 Å². The molecule has 5 nitrogen and oxygen atoms in total. The second kappa shape index (κ2) is 3.52. The minimum Gasteiger partial charge on any atom is -0.255 e. The van der Waals surface area contributed by atoms with E-state index in [1.54, 1.807) is 14.0 Å². The van der Waals surface area contributed by atoms with Crippen LogP contribution in [0.5, 0.6) is 0 Å². The van der Waals surface area contributed by atoms with E-state index in [0.29, 0.717) is 5.69 Å². The lowest BCUT2D eigenvalue weighted by Gasteiger charge is -2.10. The predicted molar refractivity (Wildman–Crippen MR) is 53.8 cm³/mol. The monoisotopic (exact) mass is 237 g/mol. The summed E-state index contributed by atoms with van der Waals surface area (Å²) < 4.78 is 26.0. The summed E-state index contributed by atoms with van der Waals surface area (Å²) in [5, 5.41) is 4.07. The van der Waals surface area contributed by atoms with Gasteiger partial charge in [-0.15, -0.1) is 0 Å². The topological polar surface area (TPSA) is 55.2 Å². The molecule has 0 aromatic carbocycles. The van der Waals surface area contributed by atoms with Crippen LogP contribution in [0.3, 0.4) is 0 Å². The smallest absolute Gasteiger partial charge is 0.247 e. The summed E-state index contributed by atoms with van der Waals surface area (Å²) in [5.41, 5.74) is 0.409. The quantitative estimate of drug-likeness (QED) is 0.758. The van der Waals surface area contributed by atoms with E-state index in [9.17, 15) is 8.42 Å². The third-order valence-electron chi connectivity index (χ3n) is 1.84. The van der Waals surface area contributed by atoms with Gasteiger partial charge in [0.2, 0.25) is 10.0 Å². The molecule has 7 heteroatoms. The van der Waals surface area contributed by atoms with Crippen LogP contribution in [0.2, 0.25) is 5.15 Å². The zero-order valence-corrected chi connectivity index (χ0v) is 10.0. The highest BCUT2D eigenvalue weighted by Gasteiger charge is 2.26. The number of sulfonamides is 1. The molecule has 1 aromatic rings. The normalized spacial score (nSPS) is 12.4. The van der Waals surface area contributed by atoms with Gasteiger partial charge in [-0.1, -0.05) is 11.6 Å². The molecule has 80 valence electrons. The molecule has 14 heavy (non-hydrogen) atoms. The van der Waals surface area contributed by atoms with Crippen LogP contribution in [0.15, 0.2) is 4.90 Å². The van der Waals surface area contributed by atoms with E-state index >= 15 is 0 Å². The van der Waals surface area contributed by atoms with E-state index < -0.39 is 10.0 Å². The van der Waals surface area contributed by atoms with Gasteiger partial charge in [-0.05, 0) is 6.92 Å². The summed E-state index contributed by atoms with van der Waals surface area (Å²) >= 11 is 5.84. The Morgan fingerprint density at radius 3 is 2.21 bits per heavy atom. The number of rotatable bonds is 2. The maximum absolute atomic E-state index is 11.8. The number of halogens is 1. The van der Waals surface area contributed by atoms with Crippen molar-refractivity contribution in [3.05, 3.63) is 10.8 Å². The van der Waals surface area contributed by atoms with E-state index in [2.05, 4.69) is 5.10 Å². The summed E-state index contributed by atoms with van der Waals surface area (Å²) in [6.07, 6.45) is 0. The molecule has 0 aliphatic rings. The minimum absolute atomic E-state index is 0.0756. The largest absolute Gasteiger partial charge is 0.255 e. The molecule has 0 aliphatic carbocycles. The Morgan fingerprint density at radius 2 is 1.93 bits per heavy atom. The zero-order valence-electron chi connectivity index (χ0n) is 8.44. The van der Waals surface area contributed by atoms with Crippen LogP contribution in [0.1, 0.15) is 5.69 Å². The van der Waals surface area contributed by atoms with Crippen LogP contribution >= 0.6 is 11.6 Å². The van der Waals surface area contributed by atoms with Crippen LogP contribution in [-0.2, 0) is 17.1 Å². The summed E-state index contributed by atoms with van der Waals surface area (Å²) in [6, 6.07) is 0. The first-order valence-electron chi connectivity index (χ1n) is 3.90. The van der Waals surface area contributed by atoms with E-state index in [4.69, 9.17) is 11.6 Å². The van der Waals surface area contributed by atoms with Gasteiger partial charge in [0.1, 0.15) is 10.0 Å². The molecule has 0 atom stereocenters. The molecule has 0 saturated carbocycles. The molecule has 0 amide bonds. The SMILES string of the molecule is Cc1nn(C)c(Cl)c1S(=O)(=O)N(C)C. The third kappa shape index (κ3) is 1.65. The Morgan fingerprint density at radius 1 is 1.43 bits per heavy atom. The van der Waals surface area contributed by atoms with Crippen molar-refractivity contribution in [2.75, 3.05) is 14.1 Å². The summed E-state index contributed by atoms with van der Waals surface area (Å²) in [7, 11) is 1.01. The number of aromatic nitrogens is 2. The Bertz CT molecular complexity index is 450. The number of nitrogens with zero attached hydrogens (tertiary/aromatic N) is 3. The van der Waals surface area contributed by atoms with E-state index in [-0.39, 0.29) is 10.0 Å². The first-order valence-corrected chi connectivity index (χ1v) is 5.72. The molecule has 0 N–H and O–H groups in total. The molecule has 1 rings (SSSR count). The zero-order chi connectivity index (χ0) is 11.1. The van der Waals surface area contributed by atoms with E-state index in [1.165, 1.54) is 18.8 Å². The van der Waals surface area contributed by atoms with Crippen LogP contribution in [0, 0.1) is 6.92 Å². The van der Waals surface area contributed by atoms with Gasteiger partial charge in [-0.3, -0.25) is 4.68 Å². The molecule has 0 aliphatic heterocycles. The summed E-state index contributed by atoms with van der Waals surface area (Å²) in [6.45, 7) is 1.61. The first kappa shape index (κ1) is 11.5. The highest BCUT2D eigenvalue weighted by molar-refractivity contribution is 7.89. The lowest BCUT2D eigenvalue weighted by molar-refractivity contribution is 0.520. The highest BCUT2D eigenvalue weighted by Crippen LogP contribution is 2.25. The standard InChI is InChI=1S/C7H12ClN3O2S/c1-5-6(7(8)11(4)9-5)14(12,13)10(2)3/h1-4H3. The second-order valence-corrected chi connectivity index (χ2v) is 5.56. The minimum atomic E-state index is -3.50. The molecule has 0 spiro atoms.